The molecule has 0 radical (unpaired) electrons. The third kappa shape index (κ3) is 3.80. The minimum atomic E-state index is -0.694. The van der Waals surface area contributed by atoms with Crippen molar-refractivity contribution in [3.05, 3.63) is 70.0 Å². The Balaban J connectivity index is 1.31. The van der Waals surface area contributed by atoms with Gasteiger partial charge in [0.1, 0.15) is 11.5 Å². The first kappa shape index (κ1) is 21.0. The Hall–Kier alpha value is -3.86. The van der Waals surface area contributed by atoms with Crippen LogP contribution in [0, 0.1) is 11.8 Å². The highest BCUT2D eigenvalue weighted by molar-refractivity contribution is 5.93. The molecule has 0 spiro atoms. The summed E-state index contributed by atoms with van der Waals surface area (Å²) >= 11 is 0. The predicted molar refractivity (Wildman–Crippen MR) is 118 cm³/mol. The van der Waals surface area contributed by atoms with Crippen molar-refractivity contribution < 1.29 is 13.6 Å². The lowest BCUT2D eigenvalue weighted by atomic mass is 10.1. The van der Waals surface area contributed by atoms with Crippen LogP contribution in [0.4, 0.5) is 14.5 Å². The van der Waals surface area contributed by atoms with Gasteiger partial charge in [0.15, 0.2) is 0 Å². The minimum Gasteiger partial charge on any atom is -0.365 e. The van der Waals surface area contributed by atoms with Crippen LogP contribution in [0.3, 0.4) is 0 Å². The third-order valence-electron chi connectivity index (χ3n) is 5.93. The van der Waals surface area contributed by atoms with E-state index in [9.17, 15) is 18.4 Å². The molecule has 2 N–H and O–H groups in total. The molecule has 9 nitrogen and oxygen atoms in total. The fourth-order valence-corrected chi connectivity index (χ4v) is 4.20. The van der Waals surface area contributed by atoms with E-state index in [2.05, 4.69) is 25.3 Å². The van der Waals surface area contributed by atoms with Gasteiger partial charge < -0.3 is 15.2 Å². The van der Waals surface area contributed by atoms with Crippen LogP contribution in [0.15, 0.2) is 41.3 Å². The molecule has 1 fully saturated rings. The molecule has 4 aromatic rings. The van der Waals surface area contributed by atoms with Crippen LogP contribution in [-0.4, -0.2) is 63.6 Å². The molecule has 0 saturated carbocycles. The SMILES string of the molecule is CNC(=O)c1ccc(N2CCN(Cc3cc4[nH]c(=O)n5nccc5c4cc3F)CC2)c(F)n1. The smallest absolute Gasteiger partial charge is 0.347 e. The second-order valence-electron chi connectivity index (χ2n) is 7.90. The van der Waals surface area contributed by atoms with E-state index in [-0.39, 0.29) is 17.2 Å². The van der Waals surface area contributed by atoms with Crippen LogP contribution >= 0.6 is 0 Å². The Kier molecular flexibility index (Phi) is 5.25. The van der Waals surface area contributed by atoms with Crippen molar-refractivity contribution in [3.8, 4) is 0 Å². The Morgan fingerprint density at radius 3 is 2.67 bits per heavy atom. The van der Waals surface area contributed by atoms with Gasteiger partial charge in [-0.15, -0.1) is 0 Å². The summed E-state index contributed by atoms with van der Waals surface area (Å²) in [4.78, 5) is 34.3. The Morgan fingerprint density at radius 2 is 1.94 bits per heavy atom. The minimum absolute atomic E-state index is 0.0235. The van der Waals surface area contributed by atoms with Gasteiger partial charge in [-0.3, -0.25) is 9.69 Å². The summed E-state index contributed by atoms with van der Waals surface area (Å²) in [5, 5.41) is 6.96. The first-order valence-corrected chi connectivity index (χ1v) is 10.5. The molecule has 5 rings (SSSR count). The van der Waals surface area contributed by atoms with Crippen molar-refractivity contribution in [1.29, 1.82) is 0 Å². The van der Waals surface area contributed by atoms with Gasteiger partial charge in [-0.05, 0) is 30.3 Å². The van der Waals surface area contributed by atoms with Crippen LogP contribution in [0.2, 0.25) is 0 Å². The number of benzene rings is 1. The molecule has 170 valence electrons. The van der Waals surface area contributed by atoms with Gasteiger partial charge in [0, 0.05) is 50.7 Å². The maximum absolute atomic E-state index is 14.9. The lowest BCUT2D eigenvalue weighted by Crippen LogP contribution is -2.46. The number of anilines is 1. The zero-order valence-corrected chi connectivity index (χ0v) is 17.8. The van der Waals surface area contributed by atoms with Gasteiger partial charge in [0.05, 0.1) is 22.9 Å². The third-order valence-corrected chi connectivity index (χ3v) is 5.93. The highest BCUT2D eigenvalue weighted by Crippen LogP contribution is 2.24. The standard InChI is InChI=1S/C22H21F2N7O2/c1-25-21(32)16-2-3-19(20(24)27-16)30-8-6-29(7-9-30)12-13-10-17-14(11-15(13)23)18-4-5-26-31(18)22(33)28-17/h2-5,10-11H,6-9,12H2,1H3,(H,25,32)(H,28,33). The molecule has 0 atom stereocenters. The number of hydrogen-bond donors (Lipinski definition) is 2. The average molecular weight is 453 g/mol. The number of fused-ring (bicyclic) bond motifs is 3. The first-order chi connectivity index (χ1) is 15.9. The number of halogens is 2. The van der Waals surface area contributed by atoms with Gasteiger partial charge in [0.2, 0.25) is 5.95 Å². The van der Waals surface area contributed by atoms with Gasteiger partial charge in [-0.2, -0.15) is 14.0 Å². The molecule has 0 bridgehead atoms. The molecule has 0 aliphatic carbocycles. The van der Waals surface area contributed by atoms with E-state index in [4.69, 9.17) is 0 Å². The van der Waals surface area contributed by atoms with Gasteiger partial charge in [-0.1, -0.05) is 0 Å². The van der Waals surface area contributed by atoms with Gasteiger partial charge >= 0.3 is 5.69 Å². The van der Waals surface area contributed by atoms with Crippen LogP contribution in [0.1, 0.15) is 16.1 Å². The molecular weight excluding hydrogens is 432 g/mol. The Bertz CT molecular complexity index is 1420. The summed E-state index contributed by atoms with van der Waals surface area (Å²) in [6.07, 6.45) is 1.50. The second-order valence-corrected chi connectivity index (χ2v) is 7.90. The molecule has 33 heavy (non-hydrogen) atoms. The lowest BCUT2D eigenvalue weighted by Gasteiger charge is -2.36. The molecule has 11 heteroatoms. The molecule has 1 aliphatic rings. The predicted octanol–water partition coefficient (Wildman–Crippen LogP) is 1.53. The average Bonchev–Trinajstić information content (AvgIpc) is 3.31. The summed E-state index contributed by atoms with van der Waals surface area (Å²) < 4.78 is 30.6. The molecule has 0 unspecified atom stereocenters. The number of carbonyl (C=O) groups is 1. The van der Waals surface area contributed by atoms with E-state index in [1.807, 2.05) is 4.90 Å². The molecule has 3 aromatic heterocycles. The van der Waals surface area contributed by atoms with Crippen molar-refractivity contribution in [2.24, 2.45) is 0 Å². The number of nitrogens with zero attached hydrogens (tertiary/aromatic N) is 5. The number of hydrogen-bond acceptors (Lipinski definition) is 6. The fraction of sp³-hybridized carbons (Fsp3) is 0.273. The lowest BCUT2D eigenvalue weighted by molar-refractivity contribution is 0.0957. The highest BCUT2D eigenvalue weighted by Gasteiger charge is 2.22. The summed E-state index contributed by atoms with van der Waals surface area (Å²) in [7, 11) is 1.46. The number of aromatic amines is 1. The van der Waals surface area contributed by atoms with E-state index in [1.54, 1.807) is 18.2 Å². The van der Waals surface area contributed by atoms with Crippen molar-refractivity contribution >= 4 is 28.0 Å². The zero-order valence-electron chi connectivity index (χ0n) is 17.8. The fourth-order valence-electron chi connectivity index (χ4n) is 4.20. The summed E-state index contributed by atoms with van der Waals surface area (Å²) in [6, 6.07) is 7.80. The molecule has 4 heterocycles. The van der Waals surface area contributed by atoms with E-state index < -0.39 is 11.9 Å². The van der Waals surface area contributed by atoms with Crippen LogP contribution < -0.4 is 15.9 Å². The van der Waals surface area contributed by atoms with Crippen LogP contribution in [0.5, 0.6) is 0 Å². The summed E-state index contributed by atoms with van der Waals surface area (Å²) in [5.74, 6) is -1.50. The molecule has 1 saturated heterocycles. The van der Waals surface area contributed by atoms with Gasteiger partial charge in [-0.25, -0.2) is 14.2 Å². The normalized spacial score (nSPS) is 14.8. The van der Waals surface area contributed by atoms with Crippen LogP contribution in [0.25, 0.3) is 16.4 Å². The van der Waals surface area contributed by atoms with E-state index >= 15 is 0 Å². The Labute approximate surface area is 186 Å². The first-order valence-electron chi connectivity index (χ1n) is 10.5. The maximum Gasteiger partial charge on any atom is 0.347 e. The maximum atomic E-state index is 14.9. The molecule has 1 amide bonds. The number of aromatic nitrogens is 4. The quantitative estimate of drug-likeness (QED) is 0.455. The van der Waals surface area contributed by atoms with E-state index in [0.29, 0.717) is 60.4 Å². The highest BCUT2D eigenvalue weighted by atomic mass is 19.1. The topological polar surface area (TPSA) is 98.6 Å². The number of rotatable bonds is 4. The van der Waals surface area contributed by atoms with Crippen molar-refractivity contribution in [1.82, 2.24) is 29.8 Å². The largest absolute Gasteiger partial charge is 0.365 e. The molecule has 1 aliphatic heterocycles. The number of nitrogens with one attached hydrogen (secondary N) is 2. The summed E-state index contributed by atoms with van der Waals surface area (Å²) in [5.41, 5.74) is 1.54. The molecular formula is C22H21F2N7O2. The number of pyridine rings is 1. The van der Waals surface area contributed by atoms with E-state index in [1.165, 1.54) is 29.9 Å². The second kappa shape index (κ2) is 8.24. The number of amides is 1. The van der Waals surface area contributed by atoms with Crippen LogP contribution in [-0.2, 0) is 6.54 Å². The van der Waals surface area contributed by atoms with Crippen molar-refractivity contribution in [2.75, 3.05) is 38.1 Å². The van der Waals surface area contributed by atoms with Gasteiger partial charge in [0.25, 0.3) is 5.91 Å². The zero-order chi connectivity index (χ0) is 23.1. The van der Waals surface area contributed by atoms with Crippen molar-refractivity contribution in [3.63, 3.8) is 0 Å². The van der Waals surface area contributed by atoms with E-state index in [0.717, 1.165) is 0 Å². The molecule has 1 aromatic carbocycles. The number of H-pyrrole nitrogens is 1. The Morgan fingerprint density at radius 1 is 1.15 bits per heavy atom. The number of piperazine rings is 1. The van der Waals surface area contributed by atoms with Crippen molar-refractivity contribution in [2.45, 2.75) is 6.54 Å². The monoisotopic (exact) mass is 453 g/mol. The number of carbonyl (C=O) groups excluding carboxylic acids is 1. The summed E-state index contributed by atoms with van der Waals surface area (Å²) in [6.45, 7) is 2.60.